The summed E-state index contributed by atoms with van der Waals surface area (Å²) in [4.78, 5) is 25.7. The number of nitrogens with one attached hydrogen (secondary N) is 1. The van der Waals surface area contributed by atoms with Crippen molar-refractivity contribution in [2.45, 2.75) is 18.9 Å². The van der Waals surface area contributed by atoms with Gasteiger partial charge in [0.15, 0.2) is 5.75 Å². The molecule has 1 saturated heterocycles. The second kappa shape index (κ2) is 8.43. The van der Waals surface area contributed by atoms with Gasteiger partial charge in [-0.15, -0.1) is 0 Å². The van der Waals surface area contributed by atoms with E-state index in [2.05, 4.69) is 10.2 Å². The van der Waals surface area contributed by atoms with Gasteiger partial charge in [-0.1, -0.05) is 40.6 Å². The van der Waals surface area contributed by atoms with Crippen LogP contribution in [0.5, 0.6) is 10.8 Å². The van der Waals surface area contributed by atoms with E-state index in [1.165, 1.54) is 6.07 Å². The third-order valence-corrected chi connectivity index (χ3v) is 5.86. The summed E-state index contributed by atoms with van der Waals surface area (Å²) in [6, 6.07) is 6.04. The molecule has 0 bridgehead atoms. The molecular weight excluding hydrogens is 413 g/mol. The summed E-state index contributed by atoms with van der Waals surface area (Å²) >= 11 is 13.0. The monoisotopic (exact) mass is 429 g/mol. The first-order valence-corrected chi connectivity index (χ1v) is 9.82. The predicted molar refractivity (Wildman–Crippen MR) is 105 cm³/mol. The Labute approximate surface area is 170 Å². The van der Waals surface area contributed by atoms with Crippen molar-refractivity contribution in [1.29, 1.82) is 0 Å². The van der Waals surface area contributed by atoms with Gasteiger partial charge in [-0.3, -0.25) is 14.9 Å². The van der Waals surface area contributed by atoms with Gasteiger partial charge in [0.05, 0.1) is 15.0 Å². The molecule has 2 heterocycles. The summed E-state index contributed by atoms with van der Waals surface area (Å²) in [6.45, 7) is 1.80. The van der Waals surface area contributed by atoms with Gasteiger partial charge in [0.2, 0.25) is 0 Å². The molecule has 1 fully saturated rings. The molecule has 1 N–H and O–H groups in total. The first-order valence-electron chi connectivity index (χ1n) is 8.24. The molecule has 0 atom stereocenters. The quantitative estimate of drug-likeness (QED) is 0.555. The lowest BCUT2D eigenvalue weighted by Gasteiger charge is -2.29. The van der Waals surface area contributed by atoms with Crippen LogP contribution in [0.3, 0.4) is 0 Å². The molecule has 0 radical (unpaired) electrons. The first kappa shape index (κ1) is 19.9. The molecule has 27 heavy (non-hydrogen) atoms. The van der Waals surface area contributed by atoms with Crippen LogP contribution in [0, 0.1) is 10.1 Å². The van der Waals surface area contributed by atoms with Crippen LogP contribution in [0.15, 0.2) is 24.3 Å². The van der Waals surface area contributed by atoms with E-state index in [1.807, 2.05) is 7.05 Å². The smallest absolute Gasteiger partial charge is 0.323 e. The van der Waals surface area contributed by atoms with Crippen LogP contribution in [-0.4, -0.2) is 41.9 Å². The van der Waals surface area contributed by atoms with Crippen molar-refractivity contribution in [3.63, 3.8) is 0 Å². The maximum absolute atomic E-state index is 12.5. The zero-order valence-corrected chi connectivity index (χ0v) is 16.7. The minimum absolute atomic E-state index is 0.0384. The number of rotatable bonds is 5. The molecule has 144 valence electrons. The van der Waals surface area contributed by atoms with Gasteiger partial charge in [-0.05, 0) is 45.1 Å². The number of nitro groups is 1. The molecular formula is C17H17Cl2N3O4S. The van der Waals surface area contributed by atoms with Crippen LogP contribution < -0.4 is 10.1 Å². The second-order valence-corrected chi connectivity index (χ2v) is 8.07. The van der Waals surface area contributed by atoms with E-state index in [-0.39, 0.29) is 43.4 Å². The van der Waals surface area contributed by atoms with E-state index in [4.69, 9.17) is 27.9 Å². The number of ether oxygens (including phenoxy) is 1. The van der Waals surface area contributed by atoms with E-state index in [0.717, 1.165) is 37.3 Å². The highest BCUT2D eigenvalue weighted by Crippen LogP contribution is 2.44. The van der Waals surface area contributed by atoms with Crippen molar-refractivity contribution in [3.05, 3.63) is 49.3 Å². The summed E-state index contributed by atoms with van der Waals surface area (Å²) < 4.78 is 5.59. The van der Waals surface area contributed by atoms with Crippen molar-refractivity contribution in [3.8, 4) is 10.8 Å². The summed E-state index contributed by atoms with van der Waals surface area (Å²) in [5.74, 6) is -0.231. The van der Waals surface area contributed by atoms with Crippen molar-refractivity contribution in [2.75, 3.05) is 20.1 Å². The average Bonchev–Trinajstić information content (AvgIpc) is 3.05. The number of likely N-dealkylation sites (tertiary alicyclic amines) is 1. The number of hydrogen-bond donors (Lipinski definition) is 1. The molecule has 7 nitrogen and oxygen atoms in total. The van der Waals surface area contributed by atoms with E-state index < -0.39 is 4.92 Å². The molecule has 1 aliphatic heterocycles. The fourth-order valence-electron chi connectivity index (χ4n) is 2.76. The molecule has 1 aromatic carbocycles. The predicted octanol–water partition coefficient (Wildman–Crippen LogP) is 4.58. The van der Waals surface area contributed by atoms with Gasteiger partial charge in [-0.25, -0.2) is 0 Å². The number of hydrogen-bond acceptors (Lipinski definition) is 6. The fourth-order valence-corrected chi connectivity index (χ4v) is 4.12. The van der Waals surface area contributed by atoms with Crippen molar-refractivity contribution in [1.82, 2.24) is 10.2 Å². The summed E-state index contributed by atoms with van der Waals surface area (Å²) in [6.07, 6.45) is 1.68. The number of carbonyl (C=O) groups is 1. The third-order valence-electron chi connectivity index (χ3n) is 4.27. The van der Waals surface area contributed by atoms with E-state index in [9.17, 15) is 14.9 Å². The van der Waals surface area contributed by atoms with Crippen molar-refractivity contribution < 1.29 is 14.5 Å². The molecule has 2 aromatic rings. The molecule has 0 saturated carbocycles. The Balaban J connectivity index is 1.81. The van der Waals surface area contributed by atoms with Crippen molar-refractivity contribution >= 4 is 46.1 Å². The van der Waals surface area contributed by atoms with Crippen LogP contribution in [0.4, 0.5) is 5.69 Å². The summed E-state index contributed by atoms with van der Waals surface area (Å²) in [5.41, 5.74) is -0.301. The minimum atomic E-state index is -0.594. The van der Waals surface area contributed by atoms with Gasteiger partial charge >= 0.3 is 5.69 Å². The van der Waals surface area contributed by atoms with Crippen molar-refractivity contribution in [2.24, 2.45) is 0 Å². The SMILES string of the molecule is CN1CCC(NC(=O)c2cc([N+](=O)[O-])c(Oc3c(Cl)cccc3Cl)s2)CC1. The van der Waals surface area contributed by atoms with Crippen LogP contribution in [-0.2, 0) is 0 Å². The normalized spacial score (nSPS) is 15.5. The molecule has 0 aliphatic carbocycles. The Kier molecular flexibility index (Phi) is 6.21. The molecule has 0 unspecified atom stereocenters. The maximum atomic E-state index is 12.5. The molecule has 1 aliphatic rings. The second-order valence-electron chi connectivity index (χ2n) is 6.24. The van der Waals surface area contributed by atoms with Gasteiger partial charge in [0, 0.05) is 12.1 Å². The van der Waals surface area contributed by atoms with Crippen LogP contribution >= 0.6 is 34.5 Å². The number of carbonyl (C=O) groups excluding carboxylic acids is 1. The highest BCUT2D eigenvalue weighted by molar-refractivity contribution is 7.16. The lowest BCUT2D eigenvalue weighted by atomic mass is 10.1. The highest BCUT2D eigenvalue weighted by atomic mass is 35.5. The maximum Gasteiger partial charge on any atom is 0.323 e. The topological polar surface area (TPSA) is 84.7 Å². The number of para-hydroxylation sites is 1. The molecule has 10 heteroatoms. The lowest BCUT2D eigenvalue weighted by Crippen LogP contribution is -2.43. The number of thiophene rings is 1. The Morgan fingerprint density at radius 3 is 2.56 bits per heavy atom. The minimum Gasteiger partial charge on any atom is -0.437 e. The molecule has 1 amide bonds. The van der Waals surface area contributed by atoms with Gasteiger partial charge in [-0.2, -0.15) is 0 Å². The number of nitrogens with zero attached hydrogens (tertiary/aromatic N) is 2. The Bertz CT molecular complexity index is 846. The Hall–Kier alpha value is -1.87. The zero-order chi connectivity index (χ0) is 19.6. The summed E-state index contributed by atoms with van der Waals surface area (Å²) in [5, 5.41) is 14.7. The Morgan fingerprint density at radius 1 is 1.33 bits per heavy atom. The third kappa shape index (κ3) is 4.70. The zero-order valence-electron chi connectivity index (χ0n) is 14.4. The lowest BCUT2D eigenvalue weighted by molar-refractivity contribution is -0.385. The average molecular weight is 430 g/mol. The largest absolute Gasteiger partial charge is 0.437 e. The van der Waals surface area contributed by atoms with Gasteiger partial charge in [0.1, 0.15) is 4.88 Å². The number of halogens is 2. The van der Waals surface area contributed by atoms with Gasteiger partial charge in [0.25, 0.3) is 11.0 Å². The Morgan fingerprint density at radius 2 is 1.96 bits per heavy atom. The van der Waals surface area contributed by atoms with E-state index in [1.54, 1.807) is 18.2 Å². The van der Waals surface area contributed by atoms with Gasteiger partial charge < -0.3 is 15.0 Å². The van der Waals surface area contributed by atoms with Crippen LogP contribution in [0.1, 0.15) is 22.5 Å². The standard InChI is InChI=1S/C17H17Cl2N3O4S/c1-21-7-5-10(6-8-21)20-16(23)14-9-13(22(24)25)17(27-14)26-15-11(18)3-2-4-12(15)19/h2-4,9-10H,5-8H2,1H3,(H,20,23). The van der Waals surface area contributed by atoms with E-state index >= 15 is 0 Å². The molecule has 0 spiro atoms. The van der Waals surface area contributed by atoms with E-state index in [0.29, 0.717) is 0 Å². The molecule has 3 rings (SSSR count). The first-order chi connectivity index (χ1) is 12.8. The number of benzene rings is 1. The fraction of sp³-hybridized carbons (Fsp3) is 0.353. The number of amides is 1. The number of piperidine rings is 1. The highest BCUT2D eigenvalue weighted by Gasteiger charge is 2.27. The van der Waals surface area contributed by atoms with Crippen LogP contribution in [0.25, 0.3) is 0 Å². The summed E-state index contributed by atoms with van der Waals surface area (Å²) in [7, 11) is 2.03. The molecule has 1 aromatic heterocycles. The van der Waals surface area contributed by atoms with Crippen LogP contribution in [0.2, 0.25) is 10.0 Å².